The molecule has 1 N–H and O–H groups in total. The van der Waals surface area contributed by atoms with Gasteiger partial charge in [-0.1, -0.05) is 54.1 Å². The second kappa shape index (κ2) is 6.77. The van der Waals surface area contributed by atoms with Crippen molar-refractivity contribution in [2.24, 2.45) is 0 Å². The molecule has 128 valence electrons. The van der Waals surface area contributed by atoms with E-state index in [4.69, 9.17) is 21.6 Å². The molecular formula is C22H18ClN3. The Bertz CT molecular complexity index is 1090. The van der Waals surface area contributed by atoms with Crippen LogP contribution in [0.3, 0.4) is 0 Å². The summed E-state index contributed by atoms with van der Waals surface area (Å²) >= 11 is 6.37. The second-order valence-corrected chi connectivity index (χ2v) is 6.69. The Hall–Kier alpha value is -2.91. The molecular weight excluding hydrogens is 342 g/mol. The summed E-state index contributed by atoms with van der Waals surface area (Å²) in [5, 5.41) is 5.14. The van der Waals surface area contributed by atoms with Crippen LogP contribution >= 0.6 is 11.6 Å². The van der Waals surface area contributed by atoms with Crippen LogP contribution in [-0.4, -0.2) is 9.97 Å². The van der Waals surface area contributed by atoms with Crippen LogP contribution in [0.1, 0.15) is 11.1 Å². The highest BCUT2D eigenvalue weighted by Crippen LogP contribution is 2.32. The number of benzene rings is 3. The third-order valence-corrected chi connectivity index (χ3v) is 4.77. The monoisotopic (exact) mass is 359 g/mol. The van der Waals surface area contributed by atoms with Gasteiger partial charge in [0.2, 0.25) is 0 Å². The molecule has 0 unspecified atom stereocenters. The van der Waals surface area contributed by atoms with Gasteiger partial charge in [0.15, 0.2) is 5.82 Å². The van der Waals surface area contributed by atoms with Crippen LogP contribution in [0, 0.1) is 13.8 Å². The Morgan fingerprint density at radius 3 is 2.23 bits per heavy atom. The number of aromatic nitrogens is 2. The minimum absolute atomic E-state index is 0.614. The van der Waals surface area contributed by atoms with E-state index in [0.29, 0.717) is 10.8 Å². The maximum Gasteiger partial charge on any atom is 0.163 e. The summed E-state index contributed by atoms with van der Waals surface area (Å²) in [4.78, 5) is 9.52. The molecule has 0 fully saturated rings. The standard InChI is InChI=1S/C22H18ClN3/c1-14-8-7-9-15(2)20(14)25-22-17-11-4-6-13-19(17)24-21(26-22)16-10-3-5-12-18(16)23/h3-13H,1-2H3,(H,24,25,26). The van der Waals surface area contributed by atoms with E-state index in [1.54, 1.807) is 0 Å². The Labute approximate surface area is 157 Å². The number of para-hydroxylation sites is 2. The van der Waals surface area contributed by atoms with E-state index < -0.39 is 0 Å². The summed E-state index contributed by atoms with van der Waals surface area (Å²) in [7, 11) is 0. The van der Waals surface area contributed by atoms with Crippen LogP contribution in [0.25, 0.3) is 22.3 Å². The predicted octanol–water partition coefficient (Wildman–Crippen LogP) is 6.31. The summed E-state index contributed by atoms with van der Waals surface area (Å²) in [5.41, 5.74) is 5.12. The van der Waals surface area contributed by atoms with Crippen LogP contribution in [-0.2, 0) is 0 Å². The summed E-state index contributed by atoms with van der Waals surface area (Å²) in [5.74, 6) is 1.39. The van der Waals surface area contributed by atoms with Gasteiger partial charge in [0.05, 0.1) is 10.5 Å². The number of hydrogen-bond donors (Lipinski definition) is 1. The van der Waals surface area contributed by atoms with Gasteiger partial charge < -0.3 is 5.32 Å². The minimum Gasteiger partial charge on any atom is -0.339 e. The number of nitrogens with one attached hydrogen (secondary N) is 1. The molecule has 0 atom stereocenters. The topological polar surface area (TPSA) is 37.8 Å². The lowest BCUT2D eigenvalue weighted by Crippen LogP contribution is -2.02. The molecule has 4 heteroatoms. The van der Waals surface area contributed by atoms with Gasteiger partial charge in [-0.05, 0) is 49.2 Å². The highest BCUT2D eigenvalue weighted by Gasteiger charge is 2.13. The van der Waals surface area contributed by atoms with Gasteiger partial charge in [-0.3, -0.25) is 0 Å². The summed E-state index contributed by atoms with van der Waals surface area (Å²) in [6, 6.07) is 21.9. The largest absolute Gasteiger partial charge is 0.339 e. The number of anilines is 2. The van der Waals surface area contributed by atoms with Crippen LogP contribution in [0.5, 0.6) is 0 Å². The molecule has 0 aliphatic heterocycles. The van der Waals surface area contributed by atoms with Gasteiger partial charge in [-0.15, -0.1) is 0 Å². The van der Waals surface area contributed by atoms with E-state index in [9.17, 15) is 0 Å². The molecule has 0 aliphatic carbocycles. The fourth-order valence-electron chi connectivity index (χ4n) is 3.06. The smallest absolute Gasteiger partial charge is 0.163 e. The van der Waals surface area contributed by atoms with Crippen molar-refractivity contribution in [3.05, 3.63) is 82.9 Å². The zero-order valence-corrected chi connectivity index (χ0v) is 15.4. The zero-order valence-electron chi connectivity index (χ0n) is 14.6. The molecule has 3 nitrogen and oxygen atoms in total. The average molecular weight is 360 g/mol. The summed E-state index contributed by atoms with van der Waals surface area (Å²) in [6.07, 6.45) is 0. The molecule has 1 aromatic heterocycles. The van der Waals surface area contributed by atoms with E-state index in [1.807, 2.05) is 48.5 Å². The number of halogens is 1. The first-order valence-electron chi connectivity index (χ1n) is 8.48. The molecule has 4 rings (SSSR count). The SMILES string of the molecule is Cc1cccc(C)c1Nc1nc(-c2ccccc2Cl)nc2ccccc12. The lowest BCUT2D eigenvalue weighted by atomic mass is 10.1. The number of rotatable bonds is 3. The predicted molar refractivity (Wildman–Crippen MR) is 109 cm³/mol. The number of nitrogens with zero attached hydrogens (tertiary/aromatic N) is 2. The minimum atomic E-state index is 0.614. The van der Waals surface area contributed by atoms with Crippen molar-refractivity contribution < 1.29 is 0 Å². The van der Waals surface area contributed by atoms with Crippen molar-refractivity contribution >= 4 is 34.0 Å². The highest BCUT2D eigenvalue weighted by atomic mass is 35.5. The highest BCUT2D eigenvalue weighted by molar-refractivity contribution is 6.33. The molecule has 26 heavy (non-hydrogen) atoms. The zero-order chi connectivity index (χ0) is 18.1. The molecule has 0 radical (unpaired) electrons. The number of aryl methyl sites for hydroxylation is 2. The van der Waals surface area contributed by atoms with E-state index in [1.165, 1.54) is 11.1 Å². The van der Waals surface area contributed by atoms with Gasteiger partial charge >= 0.3 is 0 Å². The molecule has 0 amide bonds. The van der Waals surface area contributed by atoms with Gasteiger partial charge in [0, 0.05) is 16.6 Å². The first-order chi connectivity index (χ1) is 12.6. The van der Waals surface area contributed by atoms with Crippen molar-refractivity contribution in [2.45, 2.75) is 13.8 Å². The molecule has 0 bridgehead atoms. The third-order valence-electron chi connectivity index (χ3n) is 4.44. The van der Waals surface area contributed by atoms with Crippen LogP contribution < -0.4 is 5.32 Å². The van der Waals surface area contributed by atoms with Gasteiger partial charge in [-0.25, -0.2) is 9.97 Å². The van der Waals surface area contributed by atoms with Gasteiger partial charge in [-0.2, -0.15) is 0 Å². The first kappa shape index (κ1) is 16.6. The van der Waals surface area contributed by atoms with E-state index >= 15 is 0 Å². The molecule has 4 aromatic rings. The maximum atomic E-state index is 6.37. The van der Waals surface area contributed by atoms with Crippen molar-refractivity contribution in [2.75, 3.05) is 5.32 Å². The third kappa shape index (κ3) is 3.02. The average Bonchev–Trinajstić information content (AvgIpc) is 2.65. The second-order valence-electron chi connectivity index (χ2n) is 6.28. The summed E-state index contributed by atoms with van der Waals surface area (Å²) < 4.78 is 0. The van der Waals surface area contributed by atoms with E-state index in [2.05, 4.69) is 37.4 Å². The van der Waals surface area contributed by atoms with Crippen molar-refractivity contribution in [3.63, 3.8) is 0 Å². The number of hydrogen-bond acceptors (Lipinski definition) is 3. The Morgan fingerprint density at radius 2 is 1.46 bits per heavy atom. The molecule has 3 aromatic carbocycles. The van der Waals surface area contributed by atoms with E-state index in [0.717, 1.165) is 28.0 Å². The fourth-order valence-corrected chi connectivity index (χ4v) is 3.29. The van der Waals surface area contributed by atoms with Crippen LogP contribution in [0.2, 0.25) is 5.02 Å². The molecule has 0 aliphatic rings. The Balaban J connectivity index is 1.92. The van der Waals surface area contributed by atoms with Crippen molar-refractivity contribution in [1.29, 1.82) is 0 Å². The van der Waals surface area contributed by atoms with Crippen LogP contribution in [0.15, 0.2) is 66.7 Å². The van der Waals surface area contributed by atoms with Gasteiger partial charge in [0.25, 0.3) is 0 Å². The van der Waals surface area contributed by atoms with Crippen LogP contribution in [0.4, 0.5) is 11.5 Å². The maximum absolute atomic E-state index is 6.37. The number of fused-ring (bicyclic) bond motifs is 1. The van der Waals surface area contributed by atoms with E-state index in [-0.39, 0.29) is 0 Å². The molecule has 0 saturated heterocycles. The Morgan fingerprint density at radius 1 is 0.769 bits per heavy atom. The Kier molecular flexibility index (Phi) is 4.31. The lowest BCUT2D eigenvalue weighted by molar-refractivity contribution is 1.21. The fraction of sp³-hybridized carbons (Fsp3) is 0.0909. The normalized spacial score (nSPS) is 10.9. The molecule has 0 spiro atoms. The van der Waals surface area contributed by atoms with Crippen molar-refractivity contribution in [1.82, 2.24) is 9.97 Å². The molecule has 1 heterocycles. The summed E-state index contributed by atoms with van der Waals surface area (Å²) in [6.45, 7) is 4.18. The molecule has 0 saturated carbocycles. The first-order valence-corrected chi connectivity index (χ1v) is 8.86. The van der Waals surface area contributed by atoms with Gasteiger partial charge in [0.1, 0.15) is 5.82 Å². The lowest BCUT2D eigenvalue weighted by Gasteiger charge is -2.15. The quantitative estimate of drug-likeness (QED) is 0.465. The van der Waals surface area contributed by atoms with Crippen molar-refractivity contribution in [3.8, 4) is 11.4 Å².